The summed E-state index contributed by atoms with van der Waals surface area (Å²) in [6.07, 6.45) is 3.90. The molecule has 1 saturated carbocycles. The van der Waals surface area contributed by atoms with Crippen molar-refractivity contribution in [2.24, 2.45) is 0 Å². The minimum Gasteiger partial charge on any atom is -0.480 e. The minimum absolute atomic E-state index is 0.0360. The van der Waals surface area contributed by atoms with E-state index in [4.69, 9.17) is 8.94 Å². The van der Waals surface area contributed by atoms with Crippen LogP contribution in [-0.2, 0) is 4.79 Å². The van der Waals surface area contributed by atoms with E-state index < -0.39 is 17.4 Å². The molecule has 2 heterocycles. The number of hydrogen-bond donors (Lipinski definition) is 2. The predicted octanol–water partition coefficient (Wildman–Crippen LogP) is 2.06. The largest absolute Gasteiger partial charge is 0.480 e. The summed E-state index contributed by atoms with van der Waals surface area (Å²) in [6.45, 7) is 0. The van der Waals surface area contributed by atoms with E-state index in [1.54, 1.807) is 12.1 Å². The first-order valence-electron chi connectivity index (χ1n) is 6.67. The normalized spacial score (nSPS) is 16.8. The number of carbonyl (C=O) groups is 2. The van der Waals surface area contributed by atoms with Gasteiger partial charge in [0.15, 0.2) is 11.5 Å². The summed E-state index contributed by atoms with van der Waals surface area (Å²) in [7, 11) is 0. The lowest BCUT2D eigenvalue weighted by molar-refractivity contribution is -0.144. The van der Waals surface area contributed by atoms with Crippen LogP contribution in [0.5, 0.6) is 0 Å². The van der Waals surface area contributed by atoms with Crippen LogP contribution >= 0.6 is 0 Å². The fourth-order valence-electron chi connectivity index (χ4n) is 2.57. The number of nitrogens with one attached hydrogen (secondary N) is 1. The van der Waals surface area contributed by atoms with Crippen molar-refractivity contribution in [3.05, 3.63) is 30.2 Å². The SMILES string of the molecule is O=C(NC1(C(=O)O)CCCC1)c1cc(-c2ccco2)on1. The van der Waals surface area contributed by atoms with Crippen molar-refractivity contribution in [3.63, 3.8) is 0 Å². The third-order valence-electron chi connectivity index (χ3n) is 3.73. The zero-order valence-corrected chi connectivity index (χ0v) is 11.2. The summed E-state index contributed by atoms with van der Waals surface area (Å²) in [5.74, 6) is -0.791. The van der Waals surface area contributed by atoms with Gasteiger partial charge in [-0.05, 0) is 25.0 Å². The van der Waals surface area contributed by atoms with Crippen LogP contribution in [0.1, 0.15) is 36.2 Å². The van der Waals surface area contributed by atoms with E-state index >= 15 is 0 Å². The molecule has 0 aliphatic heterocycles. The van der Waals surface area contributed by atoms with Crippen LogP contribution in [-0.4, -0.2) is 27.7 Å². The van der Waals surface area contributed by atoms with Crippen molar-refractivity contribution >= 4 is 11.9 Å². The summed E-state index contributed by atoms with van der Waals surface area (Å²) in [6, 6.07) is 4.80. The lowest BCUT2D eigenvalue weighted by atomic mass is 9.97. The highest BCUT2D eigenvalue weighted by Gasteiger charge is 2.43. The van der Waals surface area contributed by atoms with Crippen LogP contribution < -0.4 is 5.32 Å². The van der Waals surface area contributed by atoms with Gasteiger partial charge < -0.3 is 19.4 Å². The number of aromatic nitrogens is 1. The zero-order valence-electron chi connectivity index (χ0n) is 11.2. The van der Waals surface area contributed by atoms with E-state index in [0.29, 0.717) is 24.4 Å². The van der Waals surface area contributed by atoms with Crippen molar-refractivity contribution < 1.29 is 23.6 Å². The molecule has 7 heteroatoms. The Balaban J connectivity index is 1.78. The average molecular weight is 290 g/mol. The monoisotopic (exact) mass is 290 g/mol. The fourth-order valence-corrected chi connectivity index (χ4v) is 2.57. The third kappa shape index (κ3) is 2.42. The highest BCUT2D eigenvalue weighted by atomic mass is 16.5. The molecule has 0 atom stereocenters. The van der Waals surface area contributed by atoms with Crippen LogP contribution in [0, 0.1) is 0 Å². The Morgan fingerprint density at radius 1 is 1.29 bits per heavy atom. The second-order valence-electron chi connectivity index (χ2n) is 5.10. The Hall–Kier alpha value is -2.57. The number of aliphatic carboxylic acids is 1. The van der Waals surface area contributed by atoms with E-state index in [0.717, 1.165) is 12.8 Å². The smallest absolute Gasteiger partial charge is 0.329 e. The van der Waals surface area contributed by atoms with Gasteiger partial charge in [-0.25, -0.2) is 4.79 Å². The van der Waals surface area contributed by atoms with Gasteiger partial charge in [-0.1, -0.05) is 18.0 Å². The number of nitrogens with zero attached hydrogens (tertiary/aromatic N) is 1. The molecule has 21 heavy (non-hydrogen) atoms. The molecule has 0 radical (unpaired) electrons. The van der Waals surface area contributed by atoms with Gasteiger partial charge in [-0.2, -0.15) is 0 Å². The third-order valence-corrected chi connectivity index (χ3v) is 3.73. The van der Waals surface area contributed by atoms with Crippen LogP contribution in [0.4, 0.5) is 0 Å². The zero-order chi connectivity index (χ0) is 14.9. The number of carbonyl (C=O) groups excluding carboxylic acids is 1. The maximum atomic E-state index is 12.2. The summed E-state index contributed by atoms with van der Waals surface area (Å²) in [5.41, 5.74) is -1.16. The Labute approximate surface area is 119 Å². The van der Waals surface area contributed by atoms with E-state index in [-0.39, 0.29) is 5.69 Å². The molecular formula is C14H14N2O5. The second-order valence-corrected chi connectivity index (χ2v) is 5.10. The standard InChI is InChI=1S/C14H14N2O5/c17-12(15-14(13(18)19)5-1-2-6-14)9-8-11(21-16-9)10-4-3-7-20-10/h3-4,7-8H,1-2,5-6H2,(H,15,17)(H,18,19). The lowest BCUT2D eigenvalue weighted by Crippen LogP contribution is -2.52. The molecule has 1 aliphatic rings. The van der Waals surface area contributed by atoms with Crippen molar-refractivity contribution in [1.29, 1.82) is 0 Å². The molecule has 0 aromatic carbocycles. The van der Waals surface area contributed by atoms with Gasteiger partial charge in [-0.3, -0.25) is 4.79 Å². The van der Waals surface area contributed by atoms with Crippen molar-refractivity contribution in [3.8, 4) is 11.5 Å². The number of carboxylic acids is 1. The summed E-state index contributed by atoms with van der Waals surface area (Å²) in [5, 5.41) is 15.6. The Morgan fingerprint density at radius 3 is 2.67 bits per heavy atom. The highest BCUT2D eigenvalue weighted by Crippen LogP contribution is 2.30. The number of hydrogen-bond acceptors (Lipinski definition) is 5. The first-order chi connectivity index (χ1) is 10.1. The van der Waals surface area contributed by atoms with Crippen LogP contribution in [0.25, 0.3) is 11.5 Å². The molecule has 1 fully saturated rings. The van der Waals surface area contributed by atoms with E-state index in [1.807, 2.05) is 0 Å². The molecule has 110 valence electrons. The second kappa shape index (κ2) is 5.08. The molecule has 1 amide bonds. The molecule has 3 rings (SSSR count). The number of carboxylic acid groups (broad SMARTS) is 1. The van der Waals surface area contributed by atoms with Gasteiger partial charge in [0.1, 0.15) is 5.54 Å². The molecule has 2 aromatic heterocycles. The first kappa shape index (κ1) is 13.4. The minimum atomic E-state index is -1.19. The molecule has 0 spiro atoms. The van der Waals surface area contributed by atoms with Crippen molar-refractivity contribution in [2.75, 3.05) is 0 Å². The number of furan rings is 1. The average Bonchev–Trinajstić information content (AvgIpc) is 3.20. The molecule has 7 nitrogen and oxygen atoms in total. The number of amides is 1. The van der Waals surface area contributed by atoms with Gasteiger partial charge in [0, 0.05) is 6.07 Å². The Morgan fingerprint density at radius 2 is 2.05 bits per heavy atom. The fraction of sp³-hybridized carbons (Fsp3) is 0.357. The van der Waals surface area contributed by atoms with Crippen LogP contribution in [0.3, 0.4) is 0 Å². The molecule has 0 bridgehead atoms. The topological polar surface area (TPSA) is 106 Å². The van der Waals surface area contributed by atoms with Gasteiger partial charge in [-0.15, -0.1) is 0 Å². The molecule has 2 N–H and O–H groups in total. The van der Waals surface area contributed by atoms with Gasteiger partial charge >= 0.3 is 5.97 Å². The van der Waals surface area contributed by atoms with Gasteiger partial charge in [0.05, 0.1) is 6.26 Å². The molecule has 2 aromatic rings. The van der Waals surface area contributed by atoms with Crippen LogP contribution in [0.15, 0.2) is 33.4 Å². The Kier molecular flexibility index (Phi) is 3.25. The van der Waals surface area contributed by atoms with Crippen molar-refractivity contribution in [2.45, 2.75) is 31.2 Å². The summed E-state index contributed by atoms with van der Waals surface area (Å²) < 4.78 is 10.2. The quantitative estimate of drug-likeness (QED) is 0.892. The molecule has 0 saturated heterocycles. The summed E-state index contributed by atoms with van der Waals surface area (Å²) >= 11 is 0. The van der Waals surface area contributed by atoms with E-state index in [9.17, 15) is 14.7 Å². The first-order valence-corrected chi connectivity index (χ1v) is 6.67. The maximum absolute atomic E-state index is 12.2. The van der Waals surface area contributed by atoms with Crippen LogP contribution in [0.2, 0.25) is 0 Å². The Bertz CT molecular complexity index is 653. The van der Waals surface area contributed by atoms with Gasteiger partial charge in [0.2, 0.25) is 5.76 Å². The predicted molar refractivity (Wildman–Crippen MR) is 70.5 cm³/mol. The van der Waals surface area contributed by atoms with Gasteiger partial charge in [0.25, 0.3) is 5.91 Å². The van der Waals surface area contributed by atoms with E-state index in [2.05, 4.69) is 10.5 Å². The molecular weight excluding hydrogens is 276 g/mol. The molecule has 0 unspecified atom stereocenters. The van der Waals surface area contributed by atoms with E-state index in [1.165, 1.54) is 12.3 Å². The summed E-state index contributed by atoms with van der Waals surface area (Å²) in [4.78, 5) is 23.6. The number of rotatable bonds is 4. The maximum Gasteiger partial charge on any atom is 0.329 e. The molecule has 1 aliphatic carbocycles. The lowest BCUT2D eigenvalue weighted by Gasteiger charge is -2.24. The highest BCUT2D eigenvalue weighted by molar-refractivity contribution is 5.97. The van der Waals surface area contributed by atoms with Crippen molar-refractivity contribution in [1.82, 2.24) is 10.5 Å².